The number of nitrogens with one attached hydrogen (secondary N) is 4. The molecule has 35 heavy (non-hydrogen) atoms. The Hall–Kier alpha value is -3.96. The maximum absolute atomic E-state index is 12.7. The second kappa shape index (κ2) is 11.4. The molecule has 0 radical (unpaired) electrons. The van der Waals surface area contributed by atoms with E-state index in [2.05, 4.69) is 35.9 Å². The summed E-state index contributed by atoms with van der Waals surface area (Å²) >= 11 is 0. The van der Waals surface area contributed by atoms with E-state index in [-0.39, 0.29) is 11.7 Å². The molecule has 12 nitrogen and oxygen atoms in total. The minimum Gasteiger partial charge on any atom is -0.467 e. The number of benzene rings is 1. The van der Waals surface area contributed by atoms with Crippen molar-refractivity contribution in [3.05, 3.63) is 24.3 Å². The molecule has 0 saturated carbocycles. The summed E-state index contributed by atoms with van der Waals surface area (Å²) < 4.78 is 9.82. The Morgan fingerprint density at radius 2 is 1.63 bits per heavy atom. The molecule has 0 aliphatic rings. The van der Waals surface area contributed by atoms with Gasteiger partial charge in [0.1, 0.15) is 23.5 Å². The topological polar surface area (TPSA) is 163 Å². The molecule has 1 aromatic carbocycles. The van der Waals surface area contributed by atoms with Crippen LogP contribution in [0.25, 0.3) is 10.8 Å². The van der Waals surface area contributed by atoms with Gasteiger partial charge in [0, 0.05) is 10.8 Å². The number of urea groups is 1. The zero-order valence-electron chi connectivity index (χ0n) is 20.9. The van der Waals surface area contributed by atoms with Crippen molar-refractivity contribution < 1.29 is 28.7 Å². The number of azo groups is 1. The molecule has 12 heteroatoms. The molecule has 0 fully saturated rings. The molecule has 2 aromatic rings. The summed E-state index contributed by atoms with van der Waals surface area (Å²) in [6, 6.07) is 4.57. The van der Waals surface area contributed by atoms with Gasteiger partial charge in [-0.2, -0.15) is 0 Å². The maximum atomic E-state index is 12.7. The number of rotatable bonds is 7. The molecular formula is C23H32N6O6. The minimum absolute atomic E-state index is 0.227. The van der Waals surface area contributed by atoms with Gasteiger partial charge in [-0.3, -0.25) is 10.1 Å². The van der Waals surface area contributed by atoms with Crippen LogP contribution in [0.2, 0.25) is 0 Å². The number of methoxy groups -OCH3 is 1. The van der Waals surface area contributed by atoms with E-state index in [1.54, 1.807) is 58.9 Å². The number of ether oxygens (including phenoxy) is 2. The molecular weight excluding hydrogens is 456 g/mol. The zero-order chi connectivity index (χ0) is 26.3. The fourth-order valence-corrected chi connectivity index (χ4v) is 3.03. The molecule has 2 rings (SSSR count). The van der Waals surface area contributed by atoms with Crippen molar-refractivity contribution in [1.82, 2.24) is 15.6 Å². The lowest BCUT2D eigenvalue weighted by Gasteiger charge is -2.23. The van der Waals surface area contributed by atoms with Crippen molar-refractivity contribution in [3.63, 3.8) is 0 Å². The molecule has 2 atom stereocenters. The predicted octanol–water partition coefficient (Wildman–Crippen LogP) is 4.01. The summed E-state index contributed by atoms with van der Waals surface area (Å²) in [6.45, 7) is 10.2. The molecule has 190 valence electrons. The minimum atomic E-state index is -0.946. The third-order valence-corrected chi connectivity index (χ3v) is 4.69. The lowest BCUT2D eigenvalue weighted by atomic mass is 10.0. The Kier molecular flexibility index (Phi) is 8.93. The summed E-state index contributed by atoms with van der Waals surface area (Å²) in [6.07, 6.45) is -0.733. The van der Waals surface area contributed by atoms with Gasteiger partial charge in [0.05, 0.1) is 7.11 Å². The van der Waals surface area contributed by atoms with Crippen molar-refractivity contribution in [2.75, 3.05) is 12.4 Å². The molecule has 1 heterocycles. The van der Waals surface area contributed by atoms with Crippen LogP contribution < -0.4 is 16.0 Å². The van der Waals surface area contributed by atoms with E-state index in [0.717, 1.165) is 0 Å². The van der Waals surface area contributed by atoms with Crippen molar-refractivity contribution in [2.24, 2.45) is 16.1 Å². The third kappa shape index (κ3) is 7.80. The molecule has 0 spiro atoms. The van der Waals surface area contributed by atoms with Gasteiger partial charge in [0.15, 0.2) is 5.82 Å². The number of anilines is 1. The number of aromatic nitrogens is 1. The van der Waals surface area contributed by atoms with Gasteiger partial charge >= 0.3 is 18.1 Å². The van der Waals surface area contributed by atoms with Gasteiger partial charge in [-0.15, -0.1) is 10.2 Å². The number of esters is 1. The number of hydrogen-bond donors (Lipinski definition) is 4. The highest BCUT2D eigenvalue weighted by molar-refractivity contribution is 6.05. The average Bonchev–Trinajstić information content (AvgIpc) is 3.11. The van der Waals surface area contributed by atoms with Crippen LogP contribution in [0.15, 0.2) is 34.5 Å². The number of nitrogens with zero attached hydrogens (tertiary/aromatic N) is 2. The standard InChI is InChI=1S/C23H32N6O6/c1-12(2)16(25-22(33)35-23(4,5)6)19(30)29-28-18-15-11-9-8-10-14(15)17(26-18)27-21(32)24-13(3)20(31)34-7/h8-13,16,26H,1-7H3,(H,25,33)(H2,24,27,32)/t13-,16-/m0/s1. The van der Waals surface area contributed by atoms with Crippen LogP contribution in [0.4, 0.5) is 21.2 Å². The number of alkyl carbamates (subject to hydrolysis) is 1. The first-order valence-electron chi connectivity index (χ1n) is 11.0. The first-order valence-corrected chi connectivity index (χ1v) is 11.0. The molecule has 0 bridgehead atoms. The van der Waals surface area contributed by atoms with Crippen LogP contribution in [0.3, 0.4) is 0 Å². The number of carbonyl (C=O) groups is 4. The Labute approximate surface area is 203 Å². The van der Waals surface area contributed by atoms with E-state index >= 15 is 0 Å². The van der Waals surface area contributed by atoms with Crippen molar-refractivity contribution in [3.8, 4) is 0 Å². The Bertz CT molecular complexity index is 1120. The molecule has 0 aliphatic heterocycles. The van der Waals surface area contributed by atoms with Gasteiger partial charge in [-0.1, -0.05) is 38.1 Å². The van der Waals surface area contributed by atoms with E-state index in [9.17, 15) is 19.2 Å². The lowest BCUT2D eigenvalue weighted by molar-refractivity contribution is -0.142. The monoisotopic (exact) mass is 488 g/mol. The maximum Gasteiger partial charge on any atom is 0.408 e. The first kappa shape index (κ1) is 27.3. The summed E-state index contributed by atoms with van der Waals surface area (Å²) in [5.74, 6) is -1.01. The van der Waals surface area contributed by atoms with Crippen molar-refractivity contribution in [2.45, 2.75) is 59.2 Å². The van der Waals surface area contributed by atoms with Gasteiger partial charge in [-0.25, -0.2) is 14.4 Å². The van der Waals surface area contributed by atoms with Crippen LogP contribution in [0.1, 0.15) is 41.5 Å². The fraction of sp³-hybridized carbons (Fsp3) is 0.478. The van der Waals surface area contributed by atoms with Gasteiger partial charge in [0.25, 0.3) is 5.91 Å². The molecule has 1 aromatic heterocycles. The van der Waals surface area contributed by atoms with Crippen LogP contribution >= 0.6 is 0 Å². The van der Waals surface area contributed by atoms with Crippen molar-refractivity contribution in [1.29, 1.82) is 0 Å². The second-order valence-corrected chi connectivity index (χ2v) is 9.14. The number of amides is 4. The smallest absolute Gasteiger partial charge is 0.408 e. The number of fused-ring (bicyclic) bond motifs is 1. The molecule has 0 aliphatic carbocycles. The lowest BCUT2D eigenvalue weighted by Crippen LogP contribution is -2.45. The Balaban J connectivity index is 2.22. The van der Waals surface area contributed by atoms with E-state index in [1.165, 1.54) is 14.0 Å². The van der Waals surface area contributed by atoms with Gasteiger partial charge < -0.3 is 25.1 Å². The van der Waals surface area contributed by atoms with E-state index in [0.29, 0.717) is 16.6 Å². The van der Waals surface area contributed by atoms with Crippen molar-refractivity contribution >= 4 is 46.4 Å². The van der Waals surface area contributed by atoms with E-state index in [1.807, 2.05) is 0 Å². The largest absolute Gasteiger partial charge is 0.467 e. The van der Waals surface area contributed by atoms with Crippen LogP contribution in [0.5, 0.6) is 0 Å². The number of hydrogen-bond acceptors (Lipinski definition) is 7. The molecule has 4 N–H and O–H groups in total. The summed E-state index contributed by atoms with van der Waals surface area (Å²) in [5, 5.41) is 16.6. The Morgan fingerprint density at radius 1 is 1.00 bits per heavy atom. The zero-order valence-corrected chi connectivity index (χ0v) is 20.9. The second-order valence-electron chi connectivity index (χ2n) is 9.14. The number of carbonyl (C=O) groups excluding carboxylic acids is 4. The molecule has 4 amide bonds. The summed E-state index contributed by atoms with van der Waals surface area (Å²) in [7, 11) is 1.22. The van der Waals surface area contributed by atoms with Gasteiger partial charge in [-0.05, 0) is 33.6 Å². The van der Waals surface area contributed by atoms with Crippen LogP contribution in [0, 0.1) is 5.92 Å². The van der Waals surface area contributed by atoms with Crippen LogP contribution in [-0.2, 0) is 19.1 Å². The average molecular weight is 489 g/mol. The van der Waals surface area contributed by atoms with Gasteiger partial charge in [0.2, 0.25) is 0 Å². The molecule has 0 unspecified atom stereocenters. The highest BCUT2D eigenvalue weighted by Crippen LogP contribution is 2.32. The first-order chi connectivity index (χ1) is 16.3. The highest BCUT2D eigenvalue weighted by Gasteiger charge is 2.27. The highest BCUT2D eigenvalue weighted by atomic mass is 16.6. The summed E-state index contributed by atoms with van der Waals surface area (Å²) in [5.41, 5.74) is -0.719. The quantitative estimate of drug-likeness (QED) is 0.340. The molecule has 0 saturated heterocycles. The SMILES string of the molecule is COC(=O)[C@H](C)NC(=O)Nc1[nH]c(N=NC(=O)[C@@H](NC(=O)OC(C)(C)C)C(C)C)c2ccccc12. The van der Waals surface area contributed by atoms with E-state index in [4.69, 9.17) is 4.74 Å². The third-order valence-electron chi connectivity index (χ3n) is 4.69. The number of aromatic amines is 1. The van der Waals surface area contributed by atoms with E-state index < -0.39 is 41.7 Å². The predicted molar refractivity (Wildman–Crippen MR) is 129 cm³/mol. The van der Waals surface area contributed by atoms with Crippen LogP contribution in [-0.4, -0.2) is 53.8 Å². The fourth-order valence-electron chi connectivity index (χ4n) is 3.03. The number of H-pyrrole nitrogens is 1. The Morgan fingerprint density at radius 3 is 2.20 bits per heavy atom. The summed E-state index contributed by atoms with van der Waals surface area (Å²) in [4.78, 5) is 51.6. The normalized spacial score (nSPS) is 13.4.